The quantitative estimate of drug-likeness (QED) is 0.190. The summed E-state index contributed by atoms with van der Waals surface area (Å²) in [5.41, 5.74) is 12.9. The Hall–Kier alpha value is -5.34. The average Bonchev–Trinajstić information content (AvgIpc) is 3.83. The molecule has 6 aromatic rings. The summed E-state index contributed by atoms with van der Waals surface area (Å²) >= 11 is 2.33. The topological polar surface area (TPSA) is 134 Å². The highest BCUT2D eigenvalue weighted by molar-refractivity contribution is 7.17. The van der Waals surface area contributed by atoms with Gasteiger partial charge in [-0.15, -0.1) is 0 Å². The molecule has 4 heterocycles. The van der Waals surface area contributed by atoms with Crippen molar-refractivity contribution in [2.75, 3.05) is 0 Å². The second kappa shape index (κ2) is 12.4. The van der Waals surface area contributed by atoms with Gasteiger partial charge in [0.1, 0.15) is 28.0 Å². The minimum atomic E-state index is -0.962. The summed E-state index contributed by atoms with van der Waals surface area (Å²) in [7, 11) is 3.69. The summed E-state index contributed by atoms with van der Waals surface area (Å²) in [6, 6.07) is 11.4. The number of hydrogen-bond acceptors (Lipinski definition) is 8. The molecule has 3 N–H and O–H groups in total. The molecular formula is C34H27F2N5O5S2. The molecule has 0 aliphatic heterocycles. The van der Waals surface area contributed by atoms with E-state index in [9.17, 15) is 23.5 Å². The van der Waals surface area contributed by atoms with Crippen LogP contribution in [0.4, 0.5) is 8.78 Å². The number of hydrogen-bond donors (Lipinski definition) is 2. The van der Waals surface area contributed by atoms with Crippen molar-refractivity contribution in [3.05, 3.63) is 105 Å². The fourth-order valence-electron chi connectivity index (χ4n) is 6.07. The number of amides is 1. The molecule has 0 atom stereocenters. The minimum absolute atomic E-state index is 0.286. The zero-order valence-electron chi connectivity index (χ0n) is 25.6. The Morgan fingerprint density at radius 2 is 1.15 bits per heavy atom. The highest BCUT2D eigenvalue weighted by atomic mass is 32.1. The molecule has 8 rings (SSSR count). The Kier molecular flexibility index (Phi) is 8.05. The molecule has 0 saturated carbocycles. The number of carbonyl (C=O) groups is 2. The van der Waals surface area contributed by atoms with E-state index in [4.69, 9.17) is 15.2 Å². The summed E-state index contributed by atoms with van der Waals surface area (Å²) in [6.45, 7) is 0. The van der Waals surface area contributed by atoms with E-state index in [-0.39, 0.29) is 16.5 Å². The van der Waals surface area contributed by atoms with E-state index in [0.717, 1.165) is 75.4 Å². The maximum atomic E-state index is 13.1. The SMILES string of the molecule is Cn1ncc2c1-c1c(Oc3ccc(F)cc3)sc(C(=O)O)c1CC2.Cn1ncc2c1-c1c(Oc3ccc(F)cc3)sc(C(N)=O)c1CC2. The van der Waals surface area contributed by atoms with Gasteiger partial charge in [0.25, 0.3) is 5.91 Å². The molecule has 0 radical (unpaired) electrons. The number of nitrogens with two attached hydrogens (primary N) is 1. The molecule has 0 bridgehead atoms. The molecule has 0 spiro atoms. The fourth-order valence-corrected chi connectivity index (χ4v) is 8.20. The lowest BCUT2D eigenvalue weighted by Crippen LogP contribution is -2.13. The second-order valence-electron chi connectivity index (χ2n) is 11.2. The van der Waals surface area contributed by atoms with Crippen LogP contribution in [0, 0.1) is 11.6 Å². The van der Waals surface area contributed by atoms with Gasteiger partial charge in [0.05, 0.1) is 39.8 Å². The van der Waals surface area contributed by atoms with Crippen LogP contribution in [0.5, 0.6) is 21.6 Å². The van der Waals surface area contributed by atoms with Crippen molar-refractivity contribution in [3.63, 3.8) is 0 Å². The first-order chi connectivity index (χ1) is 23.1. The Morgan fingerprint density at radius 3 is 1.56 bits per heavy atom. The van der Waals surface area contributed by atoms with Crippen LogP contribution in [0.25, 0.3) is 22.5 Å². The molecular weight excluding hydrogens is 661 g/mol. The molecule has 0 fully saturated rings. The fraction of sp³-hybridized carbons (Fsp3) is 0.176. The van der Waals surface area contributed by atoms with Gasteiger partial charge in [0.15, 0.2) is 10.1 Å². The number of rotatable bonds is 6. The van der Waals surface area contributed by atoms with Gasteiger partial charge in [-0.1, -0.05) is 22.7 Å². The van der Waals surface area contributed by atoms with Gasteiger partial charge in [-0.05, 0) is 96.5 Å². The predicted octanol–water partition coefficient (Wildman–Crippen LogP) is 7.15. The lowest BCUT2D eigenvalue weighted by molar-refractivity contribution is 0.0700. The molecule has 0 saturated heterocycles. The first-order valence-electron chi connectivity index (χ1n) is 14.8. The van der Waals surface area contributed by atoms with Crippen molar-refractivity contribution < 1.29 is 33.0 Å². The van der Waals surface area contributed by atoms with Crippen LogP contribution >= 0.6 is 22.7 Å². The van der Waals surface area contributed by atoms with E-state index in [1.807, 2.05) is 20.3 Å². The Balaban J connectivity index is 0.000000152. The van der Waals surface area contributed by atoms with E-state index in [0.29, 0.717) is 32.9 Å². The summed E-state index contributed by atoms with van der Waals surface area (Å²) < 4.78 is 41.5. The number of fused-ring (bicyclic) bond motifs is 6. The Labute approximate surface area is 280 Å². The predicted molar refractivity (Wildman–Crippen MR) is 176 cm³/mol. The molecule has 0 unspecified atom stereocenters. The number of benzene rings is 2. The van der Waals surface area contributed by atoms with Gasteiger partial charge < -0.3 is 20.3 Å². The van der Waals surface area contributed by atoms with Crippen LogP contribution in [-0.4, -0.2) is 36.5 Å². The number of nitrogens with zero attached hydrogens (tertiary/aromatic N) is 4. The maximum absolute atomic E-state index is 13.1. The number of carboxylic acids is 1. The third kappa shape index (κ3) is 5.62. The summed E-state index contributed by atoms with van der Waals surface area (Å²) in [5, 5.41) is 19.2. The van der Waals surface area contributed by atoms with Crippen LogP contribution in [0.2, 0.25) is 0 Å². The van der Waals surface area contributed by atoms with Gasteiger partial charge >= 0.3 is 5.97 Å². The lowest BCUT2D eigenvalue weighted by Gasteiger charge is -2.16. The third-order valence-electron chi connectivity index (χ3n) is 8.21. The van der Waals surface area contributed by atoms with Crippen molar-refractivity contribution in [3.8, 4) is 44.1 Å². The number of aromatic nitrogens is 4. The zero-order valence-corrected chi connectivity index (χ0v) is 27.3. The van der Waals surface area contributed by atoms with Crippen LogP contribution in [0.1, 0.15) is 41.6 Å². The summed E-state index contributed by atoms with van der Waals surface area (Å²) in [4.78, 5) is 24.2. The molecule has 2 aliphatic rings. The van der Waals surface area contributed by atoms with Gasteiger partial charge in [0, 0.05) is 14.1 Å². The van der Waals surface area contributed by atoms with Crippen LogP contribution in [0.15, 0.2) is 60.9 Å². The number of halogens is 2. The molecule has 48 heavy (non-hydrogen) atoms. The van der Waals surface area contributed by atoms with Gasteiger partial charge in [0.2, 0.25) is 0 Å². The number of aromatic carboxylic acids is 1. The Morgan fingerprint density at radius 1 is 0.729 bits per heavy atom. The van der Waals surface area contributed by atoms with E-state index >= 15 is 0 Å². The number of carbonyl (C=O) groups excluding carboxylic acids is 1. The van der Waals surface area contributed by atoms with Crippen molar-refractivity contribution in [2.45, 2.75) is 25.7 Å². The summed E-state index contributed by atoms with van der Waals surface area (Å²) in [5.74, 6) is -1.14. The van der Waals surface area contributed by atoms with Gasteiger partial charge in [-0.25, -0.2) is 13.6 Å². The number of ether oxygens (including phenoxy) is 2. The number of thiophene rings is 2. The number of aryl methyl sites for hydroxylation is 4. The second-order valence-corrected chi connectivity index (χ2v) is 13.2. The van der Waals surface area contributed by atoms with Crippen molar-refractivity contribution >= 4 is 34.6 Å². The summed E-state index contributed by atoms with van der Waals surface area (Å²) in [6.07, 6.45) is 6.56. The molecule has 244 valence electrons. The van der Waals surface area contributed by atoms with E-state index in [1.165, 1.54) is 47.7 Å². The largest absolute Gasteiger partial charge is 0.477 e. The molecule has 10 nitrogen and oxygen atoms in total. The zero-order chi connectivity index (χ0) is 33.7. The minimum Gasteiger partial charge on any atom is -0.477 e. The molecule has 1 amide bonds. The highest BCUT2D eigenvalue weighted by Crippen LogP contribution is 2.49. The van der Waals surface area contributed by atoms with Gasteiger partial charge in [-0.3, -0.25) is 14.2 Å². The van der Waals surface area contributed by atoms with Crippen LogP contribution in [-0.2, 0) is 39.8 Å². The highest BCUT2D eigenvalue weighted by Gasteiger charge is 2.32. The van der Waals surface area contributed by atoms with E-state index in [1.54, 1.807) is 27.7 Å². The van der Waals surface area contributed by atoms with Crippen molar-refractivity contribution in [1.29, 1.82) is 0 Å². The number of primary amides is 1. The molecule has 2 aromatic carbocycles. The molecule has 4 aromatic heterocycles. The normalized spacial score (nSPS) is 12.6. The molecule has 2 aliphatic carbocycles. The standard InChI is InChI=1S/C17H14FN3O2S.C17H13FN2O3S/c1-21-14-9(8-20-21)2-7-12-13(14)17(24-15(12)16(19)22)23-11-5-3-10(18)4-6-11;1-20-14-9(8-19-20)2-7-12-13(14)17(24-15(12)16(21)22)23-11-5-3-10(18)4-6-11/h3-6,8H,2,7H2,1H3,(H2,19,22);3-6,8H,2,7H2,1H3,(H,21,22). The van der Waals surface area contributed by atoms with E-state index < -0.39 is 11.9 Å². The smallest absolute Gasteiger partial charge is 0.346 e. The average molecular weight is 688 g/mol. The first-order valence-corrected chi connectivity index (χ1v) is 16.5. The monoisotopic (exact) mass is 687 g/mol. The molecule has 14 heteroatoms. The van der Waals surface area contributed by atoms with Crippen LogP contribution < -0.4 is 15.2 Å². The van der Waals surface area contributed by atoms with Gasteiger partial charge in [-0.2, -0.15) is 10.2 Å². The maximum Gasteiger partial charge on any atom is 0.346 e. The Bertz CT molecular complexity index is 2040. The third-order valence-corrected chi connectivity index (χ3v) is 10.4. The number of carboxylic acid groups (broad SMARTS) is 1. The van der Waals surface area contributed by atoms with Crippen molar-refractivity contribution in [2.24, 2.45) is 19.8 Å². The van der Waals surface area contributed by atoms with E-state index in [2.05, 4.69) is 10.2 Å². The lowest BCUT2D eigenvalue weighted by atomic mass is 9.91. The van der Waals surface area contributed by atoms with Crippen molar-refractivity contribution in [1.82, 2.24) is 19.6 Å². The first kappa shape index (κ1) is 31.3. The van der Waals surface area contributed by atoms with Crippen LogP contribution in [0.3, 0.4) is 0 Å².